The molecular weight excluding hydrogens is 218 g/mol. The van der Waals surface area contributed by atoms with Crippen LogP contribution in [0.3, 0.4) is 0 Å². The molecular formula is C9H9NO6. The first-order valence-electron chi connectivity index (χ1n) is 4.29. The van der Waals surface area contributed by atoms with Gasteiger partial charge < -0.3 is 15.3 Å². The number of hydrogen-bond acceptors (Lipinski definition) is 5. The number of aromatic hydroxyl groups is 1. The number of phenolic OH excluding ortho intramolecular Hbond substituents is 1. The molecule has 0 amide bonds. The third kappa shape index (κ3) is 2.67. The number of rotatable bonds is 4. The smallest absolute Gasteiger partial charge is 0.311 e. The van der Waals surface area contributed by atoms with Gasteiger partial charge in [0.1, 0.15) is 0 Å². The number of aliphatic carboxylic acids is 1. The van der Waals surface area contributed by atoms with Crippen molar-refractivity contribution in [3.8, 4) is 5.75 Å². The molecule has 0 bridgehead atoms. The fourth-order valence-electron chi connectivity index (χ4n) is 1.18. The Morgan fingerprint density at radius 3 is 2.62 bits per heavy atom. The second kappa shape index (κ2) is 4.58. The van der Waals surface area contributed by atoms with Gasteiger partial charge in [0, 0.05) is 6.07 Å². The third-order valence-electron chi connectivity index (χ3n) is 1.95. The Kier molecular flexibility index (Phi) is 3.41. The van der Waals surface area contributed by atoms with Gasteiger partial charge in [0.15, 0.2) is 5.75 Å². The summed E-state index contributed by atoms with van der Waals surface area (Å²) in [5, 5.41) is 37.4. The van der Waals surface area contributed by atoms with Crippen LogP contribution in [-0.4, -0.2) is 26.2 Å². The van der Waals surface area contributed by atoms with Crippen molar-refractivity contribution in [2.45, 2.75) is 12.5 Å². The van der Waals surface area contributed by atoms with E-state index in [1.807, 2.05) is 0 Å². The van der Waals surface area contributed by atoms with Crippen LogP contribution in [0.15, 0.2) is 18.2 Å². The number of phenols is 1. The standard InChI is InChI=1S/C9H9NO6/c11-7-2-1-5(3-6(7)10(15)16)8(12)4-9(13)14/h1-3,8,11-12H,4H2,(H,13,14). The van der Waals surface area contributed by atoms with Gasteiger partial charge in [0.2, 0.25) is 0 Å². The lowest BCUT2D eigenvalue weighted by atomic mass is 10.1. The van der Waals surface area contributed by atoms with Gasteiger partial charge in [-0.15, -0.1) is 0 Å². The van der Waals surface area contributed by atoms with Crippen molar-refractivity contribution >= 4 is 11.7 Å². The zero-order valence-corrected chi connectivity index (χ0v) is 8.03. The van der Waals surface area contributed by atoms with Gasteiger partial charge in [0.25, 0.3) is 0 Å². The van der Waals surface area contributed by atoms with Crippen LogP contribution in [0.4, 0.5) is 5.69 Å². The molecule has 3 N–H and O–H groups in total. The van der Waals surface area contributed by atoms with Crippen LogP contribution >= 0.6 is 0 Å². The summed E-state index contributed by atoms with van der Waals surface area (Å²) in [4.78, 5) is 20.0. The number of benzene rings is 1. The molecule has 7 heteroatoms. The van der Waals surface area contributed by atoms with Crippen molar-refractivity contribution in [3.63, 3.8) is 0 Å². The lowest BCUT2D eigenvalue weighted by Crippen LogP contribution is -2.05. The van der Waals surface area contributed by atoms with Crippen LogP contribution < -0.4 is 0 Å². The van der Waals surface area contributed by atoms with Gasteiger partial charge in [-0.3, -0.25) is 14.9 Å². The molecule has 0 radical (unpaired) electrons. The Balaban J connectivity index is 3.02. The maximum absolute atomic E-state index is 10.5. The normalized spacial score (nSPS) is 12.1. The van der Waals surface area contributed by atoms with Gasteiger partial charge in [-0.05, 0) is 11.6 Å². The Bertz CT molecular complexity index is 430. The molecule has 0 heterocycles. The largest absolute Gasteiger partial charge is 0.502 e. The van der Waals surface area contributed by atoms with E-state index in [0.29, 0.717) is 0 Å². The second-order valence-electron chi connectivity index (χ2n) is 3.12. The second-order valence-corrected chi connectivity index (χ2v) is 3.12. The molecule has 1 atom stereocenters. The zero-order chi connectivity index (χ0) is 12.3. The van der Waals surface area contributed by atoms with E-state index in [4.69, 9.17) is 10.2 Å². The number of hydrogen-bond donors (Lipinski definition) is 3. The lowest BCUT2D eigenvalue weighted by Gasteiger charge is -2.08. The molecule has 7 nitrogen and oxygen atoms in total. The van der Waals surface area contributed by atoms with E-state index in [0.717, 1.165) is 12.1 Å². The highest BCUT2D eigenvalue weighted by molar-refractivity contribution is 5.67. The van der Waals surface area contributed by atoms with Crippen molar-refractivity contribution in [2.24, 2.45) is 0 Å². The van der Waals surface area contributed by atoms with Crippen LogP contribution in [0, 0.1) is 10.1 Å². The summed E-state index contributed by atoms with van der Waals surface area (Å²) in [5.74, 6) is -1.75. The number of carboxylic acid groups (broad SMARTS) is 1. The molecule has 0 aliphatic rings. The first-order valence-corrected chi connectivity index (χ1v) is 4.29. The fourth-order valence-corrected chi connectivity index (χ4v) is 1.18. The van der Waals surface area contributed by atoms with Crippen LogP contribution in [0.2, 0.25) is 0 Å². The van der Waals surface area contributed by atoms with E-state index >= 15 is 0 Å². The molecule has 1 unspecified atom stereocenters. The summed E-state index contributed by atoms with van der Waals surface area (Å²) in [6, 6.07) is 3.22. The summed E-state index contributed by atoms with van der Waals surface area (Å²) in [6.07, 6.45) is -1.89. The molecule has 0 saturated heterocycles. The summed E-state index contributed by atoms with van der Waals surface area (Å²) in [5.41, 5.74) is -0.492. The number of aliphatic hydroxyl groups is 1. The first-order chi connectivity index (χ1) is 7.41. The fraction of sp³-hybridized carbons (Fsp3) is 0.222. The van der Waals surface area contributed by atoms with Crippen molar-refractivity contribution in [3.05, 3.63) is 33.9 Å². The van der Waals surface area contributed by atoms with Gasteiger partial charge >= 0.3 is 11.7 Å². The van der Waals surface area contributed by atoms with Crippen LogP contribution in [-0.2, 0) is 4.79 Å². The van der Waals surface area contributed by atoms with Gasteiger partial charge in [-0.25, -0.2) is 0 Å². The highest BCUT2D eigenvalue weighted by atomic mass is 16.6. The SMILES string of the molecule is O=C(O)CC(O)c1ccc(O)c([N+](=O)[O-])c1. The summed E-state index contributed by atoms with van der Waals surface area (Å²) < 4.78 is 0. The molecule has 1 aromatic rings. The van der Waals surface area contributed by atoms with E-state index in [1.54, 1.807) is 0 Å². The number of nitro benzene ring substituents is 1. The summed E-state index contributed by atoms with van der Waals surface area (Å²) in [6.45, 7) is 0. The minimum atomic E-state index is -1.34. The maximum atomic E-state index is 10.5. The molecule has 1 rings (SSSR count). The monoisotopic (exact) mass is 227 g/mol. The van der Waals surface area contributed by atoms with E-state index in [-0.39, 0.29) is 5.56 Å². The highest BCUT2D eigenvalue weighted by Gasteiger charge is 2.18. The van der Waals surface area contributed by atoms with Crippen molar-refractivity contribution < 1.29 is 25.0 Å². The number of nitrogens with zero attached hydrogens (tertiary/aromatic N) is 1. The quantitative estimate of drug-likeness (QED) is 0.516. The van der Waals surface area contributed by atoms with E-state index in [9.17, 15) is 20.0 Å². The highest BCUT2D eigenvalue weighted by Crippen LogP contribution is 2.29. The molecule has 0 aromatic heterocycles. The average molecular weight is 227 g/mol. The molecule has 0 spiro atoms. The Hall–Kier alpha value is -2.15. The number of carboxylic acids is 1. The number of carbonyl (C=O) groups is 1. The molecule has 1 aromatic carbocycles. The van der Waals surface area contributed by atoms with Crippen molar-refractivity contribution in [1.29, 1.82) is 0 Å². The van der Waals surface area contributed by atoms with Crippen LogP contribution in [0.5, 0.6) is 5.75 Å². The first kappa shape index (κ1) is 11.9. The third-order valence-corrected chi connectivity index (χ3v) is 1.95. The zero-order valence-electron chi connectivity index (χ0n) is 8.03. The van der Waals surface area contributed by atoms with Crippen molar-refractivity contribution in [2.75, 3.05) is 0 Å². The minimum absolute atomic E-state index is 0.0758. The van der Waals surface area contributed by atoms with E-state index in [1.165, 1.54) is 6.07 Å². The number of aliphatic hydroxyl groups excluding tert-OH is 1. The van der Waals surface area contributed by atoms with E-state index < -0.39 is 34.9 Å². The van der Waals surface area contributed by atoms with Crippen LogP contribution in [0.25, 0.3) is 0 Å². The predicted molar refractivity (Wildman–Crippen MR) is 52.0 cm³/mol. The van der Waals surface area contributed by atoms with Gasteiger partial charge in [-0.2, -0.15) is 0 Å². The van der Waals surface area contributed by atoms with Gasteiger partial charge in [0.05, 0.1) is 17.4 Å². The Labute approximate surface area is 89.7 Å². The summed E-state index contributed by atoms with van der Waals surface area (Å²) >= 11 is 0. The Morgan fingerprint density at radius 1 is 1.50 bits per heavy atom. The van der Waals surface area contributed by atoms with Gasteiger partial charge in [-0.1, -0.05) is 6.07 Å². The lowest BCUT2D eigenvalue weighted by molar-refractivity contribution is -0.386. The maximum Gasteiger partial charge on any atom is 0.311 e. The average Bonchev–Trinajstić information content (AvgIpc) is 2.16. The Morgan fingerprint density at radius 2 is 2.12 bits per heavy atom. The van der Waals surface area contributed by atoms with E-state index in [2.05, 4.69) is 0 Å². The molecule has 16 heavy (non-hydrogen) atoms. The molecule has 0 aliphatic carbocycles. The van der Waals surface area contributed by atoms with Crippen molar-refractivity contribution in [1.82, 2.24) is 0 Å². The molecule has 0 aliphatic heterocycles. The summed E-state index contributed by atoms with van der Waals surface area (Å²) in [7, 11) is 0. The number of nitro groups is 1. The predicted octanol–water partition coefficient (Wildman–Crippen LogP) is 0.808. The molecule has 86 valence electrons. The molecule has 0 saturated carbocycles. The topological polar surface area (TPSA) is 121 Å². The molecule has 0 fully saturated rings. The minimum Gasteiger partial charge on any atom is -0.502 e. The van der Waals surface area contributed by atoms with Crippen LogP contribution in [0.1, 0.15) is 18.1 Å².